The Morgan fingerprint density at radius 3 is 2.36 bits per heavy atom. The molecule has 1 aromatic heterocycles. The van der Waals surface area contributed by atoms with Gasteiger partial charge in [0.15, 0.2) is 4.80 Å². The molecule has 6 rings (SSSR count). The zero-order chi connectivity index (χ0) is 30.8. The van der Waals surface area contributed by atoms with Crippen molar-refractivity contribution in [2.24, 2.45) is 4.99 Å². The SMILES string of the molecule is CCOC(=O)C1=C(c2ccccc2)N=c2sc(=Cc3cc(OC)ccc3OC)c(=O)n2[C@@H]1c1c(OC)ccc2ccccc12. The van der Waals surface area contributed by atoms with Crippen LogP contribution in [0.25, 0.3) is 22.5 Å². The highest BCUT2D eigenvalue weighted by molar-refractivity contribution is 7.07. The summed E-state index contributed by atoms with van der Waals surface area (Å²) in [5, 5.41) is 1.78. The standard InChI is InChI=1S/C35H30N2O6S/c1-5-43-34(39)30-31(22-12-7-6-8-13-22)36-35-37(32(30)29-25-14-10-9-11-21(25)15-17-27(29)42-4)33(38)28(44-35)20-23-19-24(40-2)16-18-26(23)41-3/h6-20,32H,5H2,1-4H3/t32-/m1/s1. The van der Waals surface area contributed by atoms with Crippen LogP contribution in [0, 0.1) is 0 Å². The molecule has 2 heterocycles. The third-order valence-corrected chi connectivity index (χ3v) is 8.50. The maximum absolute atomic E-state index is 14.5. The Balaban J connectivity index is 1.74. The topological polar surface area (TPSA) is 88.4 Å². The van der Waals surface area contributed by atoms with E-state index in [4.69, 9.17) is 23.9 Å². The quantitative estimate of drug-likeness (QED) is 0.228. The van der Waals surface area contributed by atoms with Gasteiger partial charge < -0.3 is 18.9 Å². The van der Waals surface area contributed by atoms with Gasteiger partial charge in [-0.1, -0.05) is 72.0 Å². The fraction of sp³-hybridized carbons (Fsp3) is 0.171. The second-order valence-corrected chi connectivity index (χ2v) is 11.0. The average Bonchev–Trinajstić information content (AvgIpc) is 3.37. The van der Waals surface area contributed by atoms with Crippen molar-refractivity contribution < 1.29 is 23.7 Å². The van der Waals surface area contributed by atoms with Crippen LogP contribution >= 0.6 is 11.3 Å². The van der Waals surface area contributed by atoms with E-state index in [9.17, 15) is 9.59 Å². The van der Waals surface area contributed by atoms with Gasteiger partial charge in [-0.2, -0.15) is 0 Å². The summed E-state index contributed by atoms with van der Waals surface area (Å²) in [4.78, 5) is 33.8. The molecule has 222 valence electrons. The predicted octanol–water partition coefficient (Wildman–Crippen LogP) is 5.11. The summed E-state index contributed by atoms with van der Waals surface area (Å²) in [5.74, 6) is 1.19. The fourth-order valence-corrected chi connectivity index (χ4v) is 6.53. The first-order valence-electron chi connectivity index (χ1n) is 14.0. The van der Waals surface area contributed by atoms with E-state index < -0.39 is 12.0 Å². The number of carbonyl (C=O) groups is 1. The summed E-state index contributed by atoms with van der Waals surface area (Å²) in [6.45, 7) is 1.91. The van der Waals surface area contributed by atoms with E-state index in [0.29, 0.717) is 43.4 Å². The highest BCUT2D eigenvalue weighted by atomic mass is 32.1. The van der Waals surface area contributed by atoms with Crippen LogP contribution in [0.2, 0.25) is 0 Å². The maximum Gasteiger partial charge on any atom is 0.338 e. The molecule has 0 amide bonds. The summed E-state index contributed by atoms with van der Waals surface area (Å²) in [5.41, 5.74) is 2.45. The molecule has 0 spiro atoms. The second kappa shape index (κ2) is 12.2. The number of fused-ring (bicyclic) bond motifs is 2. The molecule has 9 heteroatoms. The molecule has 0 radical (unpaired) electrons. The molecule has 1 aliphatic rings. The van der Waals surface area contributed by atoms with Crippen molar-refractivity contribution in [3.8, 4) is 17.2 Å². The Morgan fingerprint density at radius 1 is 0.909 bits per heavy atom. The van der Waals surface area contributed by atoms with Gasteiger partial charge >= 0.3 is 5.97 Å². The van der Waals surface area contributed by atoms with E-state index in [1.54, 1.807) is 51.0 Å². The van der Waals surface area contributed by atoms with Gasteiger partial charge in [-0.3, -0.25) is 9.36 Å². The van der Waals surface area contributed by atoms with Gasteiger partial charge in [-0.25, -0.2) is 9.79 Å². The van der Waals surface area contributed by atoms with Crippen LogP contribution in [0.1, 0.15) is 29.7 Å². The number of hydrogen-bond donors (Lipinski definition) is 0. The number of methoxy groups -OCH3 is 3. The Labute approximate surface area is 257 Å². The number of benzene rings is 4. The molecule has 0 saturated carbocycles. The normalized spacial score (nSPS) is 14.6. The Kier molecular flexibility index (Phi) is 8.04. The van der Waals surface area contributed by atoms with Crippen LogP contribution in [0.15, 0.2) is 100 Å². The fourth-order valence-electron chi connectivity index (χ4n) is 5.54. The lowest BCUT2D eigenvalue weighted by Crippen LogP contribution is -2.40. The number of nitrogens with zero attached hydrogens (tertiary/aromatic N) is 2. The predicted molar refractivity (Wildman–Crippen MR) is 171 cm³/mol. The van der Waals surface area contributed by atoms with Gasteiger partial charge in [-0.05, 0) is 48.0 Å². The first-order valence-corrected chi connectivity index (χ1v) is 14.9. The lowest BCUT2D eigenvalue weighted by Gasteiger charge is -2.28. The largest absolute Gasteiger partial charge is 0.497 e. The van der Waals surface area contributed by atoms with Crippen LogP contribution in [0.4, 0.5) is 0 Å². The van der Waals surface area contributed by atoms with E-state index in [2.05, 4.69) is 0 Å². The summed E-state index contributed by atoms with van der Waals surface area (Å²) in [6, 6.07) is 25.6. The minimum Gasteiger partial charge on any atom is -0.497 e. The molecular formula is C35H30N2O6S. The van der Waals surface area contributed by atoms with Crippen molar-refractivity contribution in [2.45, 2.75) is 13.0 Å². The molecule has 0 N–H and O–H groups in total. The summed E-state index contributed by atoms with van der Waals surface area (Å²) in [6.07, 6.45) is 1.76. The average molecular weight is 607 g/mol. The number of aromatic nitrogens is 1. The third-order valence-electron chi connectivity index (χ3n) is 7.52. The van der Waals surface area contributed by atoms with Crippen molar-refractivity contribution >= 4 is 39.9 Å². The van der Waals surface area contributed by atoms with Gasteiger partial charge in [0.05, 0.1) is 43.7 Å². The van der Waals surface area contributed by atoms with Crippen LogP contribution < -0.4 is 29.1 Å². The molecule has 8 nitrogen and oxygen atoms in total. The summed E-state index contributed by atoms with van der Waals surface area (Å²) < 4.78 is 24.5. The first kappa shape index (κ1) is 28.9. The Hall–Kier alpha value is -5.15. The molecule has 0 fully saturated rings. The van der Waals surface area contributed by atoms with Gasteiger partial charge in [0.1, 0.15) is 23.3 Å². The Bertz CT molecular complexity index is 2100. The Morgan fingerprint density at radius 2 is 1.64 bits per heavy atom. The van der Waals surface area contributed by atoms with E-state index in [1.165, 1.54) is 11.3 Å². The number of rotatable bonds is 8. The van der Waals surface area contributed by atoms with E-state index in [1.807, 2.05) is 72.8 Å². The highest BCUT2D eigenvalue weighted by Gasteiger charge is 2.37. The molecular weight excluding hydrogens is 576 g/mol. The minimum absolute atomic E-state index is 0.157. The molecule has 4 aromatic carbocycles. The molecule has 1 aliphatic heterocycles. The number of carbonyl (C=O) groups excluding carboxylic acids is 1. The van der Waals surface area contributed by atoms with Crippen molar-refractivity contribution in [2.75, 3.05) is 27.9 Å². The number of esters is 1. The van der Waals surface area contributed by atoms with Crippen molar-refractivity contribution in [1.82, 2.24) is 4.57 Å². The first-order chi connectivity index (χ1) is 21.5. The third kappa shape index (κ3) is 5.05. The van der Waals surface area contributed by atoms with Gasteiger partial charge in [0, 0.05) is 16.7 Å². The number of hydrogen-bond acceptors (Lipinski definition) is 8. The van der Waals surface area contributed by atoms with E-state index in [-0.39, 0.29) is 17.7 Å². The van der Waals surface area contributed by atoms with Crippen molar-refractivity contribution in [3.63, 3.8) is 0 Å². The monoisotopic (exact) mass is 606 g/mol. The van der Waals surface area contributed by atoms with Gasteiger partial charge in [-0.15, -0.1) is 0 Å². The molecule has 0 bridgehead atoms. The molecule has 44 heavy (non-hydrogen) atoms. The highest BCUT2D eigenvalue weighted by Crippen LogP contribution is 2.42. The van der Waals surface area contributed by atoms with Crippen LogP contribution in [-0.2, 0) is 9.53 Å². The molecule has 1 atom stereocenters. The maximum atomic E-state index is 14.5. The zero-order valence-electron chi connectivity index (χ0n) is 24.7. The molecule has 5 aromatic rings. The van der Waals surface area contributed by atoms with Gasteiger partial charge in [0.25, 0.3) is 5.56 Å². The smallest absolute Gasteiger partial charge is 0.338 e. The van der Waals surface area contributed by atoms with E-state index in [0.717, 1.165) is 16.3 Å². The summed E-state index contributed by atoms with van der Waals surface area (Å²) >= 11 is 1.24. The van der Waals surface area contributed by atoms with Gasteiger partial charge in [0.2, 0.25) is 0 Å². The lowest BCUT2D eigenvalue weighted by atomic mass is 9.89. The van der Waals surface area contributed by atoms with Crippen LogP contribution in [0.3, 0.4) is 0 Å². The lowest BCUT2D eigenvalue weighted by molar-refractivity contribution is -0.138. The molecule has 0 saturated heterocycles. The van der Waals surface area contributed by atoms with Crippen molar-refractivity contribution in [1.29, 1.82) is 0 Å². The zero-order valence-corrected chi connectivity index (χ0v) is 25.5. The minimum atomic E-state index is -0.893. The number of thiazole rings is 1. The second-order valence-electron chi connectivity index (χ2n) is 9.94. The molecule has 0 unspecified atom stereocenters. The van der Waals surface area contributed by atoms with Crippen LogP contribution in [-0.4, -0.2) is 38.5 Å². The summed E-state index contributed by atoms with van der Waals surface area (Å²) in [7, 11) is 4.74. The van der Waals surface area contributed by atoms with Crippen molar-refractivity contribution in [3.05, 3.63) is 127 Å². The van der Waals surface area contributed by atoms with Crippen LogP contribution in [0.5, 0.6) is 17.2 Å². The van der Waals surface area contributed by atoms with E-state index >= 15 is 0 Å². The molecule has 0 aliphatic carbocycles. The number of ether oxygens (including phenoxy) is 4.